The molecule has 0 unspecified atom stereocenters. The van der Waals surface area contributed by atoms with Crippen molar-refractivity contribution in [1.29, 1.82) is 0 Å². The Morgan fingerprint density at radius 1 is 1.12 bits per heavy atom. The number of carbonyl (C=O) groups is 2. The van der Waals surface area contributed by atoms with Crippen molar-refractivity contribution in [2.75, 3.05) is 19.6 Å². The average molecular weight is 354 g/mol. The average Bonchev–Trinajstić information content (AvgIpc) is 3.06. The normalized spacial score (nSPS) is 13.8. The molecule has 3 rings (SSSR count). The molecule has 0 spiro atoms. The SMILES string of the molecule is O=C(NCCCN1CCCC1=O)c1ccc(=O)n(Cc2ccccc2)n1. The molecule has 2 amide bonds. The first kappa shape index (κ1) is 17.8. The molecule has 136 valence electrons. The summed E-state index contributed by atoms with van der Waals surface area (Å²) in [5.41, 5.74) is 0.894. The number of hydrogen-bond acceptors (Lipinski definition) is 4. The van der Waals surface area contributed by atoms with E-state index in [-0.39, 0.29) is 23.1 Å². The van der Waals surface area contributed by atoms with Crippen LogP contribution in [0.15, 0.2) is 47.3 Å². The van der Waals surface area contributed by atoms with Crippen molar-refractivity contribution in [3.63, 3.8) is 0 Å². The van der Waals surface area contributed by atoms with Crippen LogP contribution in [0.4, 0.5) is 0 Å². The van der Waals surface area contributed by atoms with Gasteiger partial charge in [-0.25, -0.2) is 4.68 Å². The van der Waals surface area contributed by atoms with Gasteiger partial charge in [0.15, 0.2) is 0 Å². The summed E-state index contributed by atoms with van der Waals surface area (Å²) in [6, 6.07) is 12.3. The molecule has 2 heterocycles. The minimum absolute atomic E-state index is 0.186. The number of nitrogens with one attached hydrogen (secondary N) is 1. The fourth-order valence-corrected chi connectivity index (χ4v) is 2.94. The highest BCUT2D eigenvalue weighted by Gasteiger charge is 2.19. The molecular formula is C19H22N4O3. The van der Waals surface area contributed by atoms with E-state index in [0.29, 0.717) is 32.5 Å². The van der Waals surface area contributed by atoms with Gasteiger partial charge in [0.25, 0.3) is 11.5 Å². The van der Waals surface area contributed by atoms with Gasteiger partial charge >= 0.3 is 0 Å². The molecular weight excluding hydrogens is 332 g/mol. The first-order valence-corrected chi connectivity index (χ1v) is 8.81. The van der Waals surface area contributed by atoms with Crippen LogP contribution < -0.4 is 10.9 Å². The molecule has 0 radical (unpaired) electrons. The van der Waals surface area contributed by atoms with Gasteiger partial charge in [-0.05, 0) is 24.5 Å². The summed E-state index contributed by atoms with van der Waals surface area (Å²) in [4.78, 5) is 37.6. The minimum atomic E-state index is -0.320. The Labute approximate surface area is 151 Å². The number of nitrogens with zero attached hydrogens (tertiary/aromatic N) is 3. The molecule has 0 atom stereocenters. The largest absolute Gasteiger partial charge is 0.351 e. The zero-order chi connectivity index (χ0) is 18.4. The van der Waals surface area contributed by atoms with Crippen molar-refractivity contribution < 1.29 is 9.59 Å². The number of likely N-dealkylation sites (tertiary alicyclic amines) is 1. The third kappa shape index (κ3) is 4.56. The van der Waals surface area contributed by atoms with Crippen LogP contribution in [0, 0.1) is 0 Å². The molecule has 1 saturated heterocycles. The van der Waals surface area contributed by atoms with E-state index in [0.717, 1.165) is 18.5 Å². The Morgan fingerprint density at radius 2 is 1.92 bits per heavy atom. The van der Waals surface area contributed by atoms with Gasteiger partial charge in [-0.2, -0.15) is 5.10 Å². The molecule has 7 nitrogen and oxygen atoms in total. The Kier molecular flexibility index (Phi) is 5.78. The van der Waals surface area contributed by atoms with E-state index in [1.807, 2.05) is 35.2 Å². The van der Waals surface area contributed by atoms with Crippen LogP contribution in [0.1, 0.15) is 35.3 Å². The van der Waals surface area contributed by atoms with Crippen molar-refractivity contribution >= 4 is 11.8 Å². The molecule has 7 heteroatoms. The van der Waals surface area contributed by atoms with Gasteiger partial charge in [-0.1, -0.05) is 30.3 Å². The maximum absolute atomic E-state index is 12.3. The van der Waals surface area contributed by atoms with Crippen LogP contribution in [0.5, 0.6) is 0 Å². The van der Waals surface area contributed by atoms with Gasteiger partial charge in [0, 0.05) is 32.1 Å². The van der Waals surface area contributed by atoms with Crippen molar-refractivity contribution in [2.45, 2.75) is 25.8 Å². The van der Waals surface area contributed by atoms with Gasteiger partial charge in [0.2, 0.25) is 5.91 Å². The van der Waals surface area contributed by atoms with E-state index in [4.69, 9.17) is 0 Å². The second-order valence-corrected chi connectivity index (χ2v) is 6.29. The van der Waals surface area contributed by atoms with E-state index >= 15 is 0 Å². The lowest BCUT2D eigenvalue weighted by molar-refractivity contribution is -0.127. The lowest BCUT2D eigenvalue weighted by atomic mass is 10.2. The molecule has 0 saturated carbocycles. The van der Waals surface area contributed by atoms with E-state index in [1.54, 1.807) is 0 Å². The molecule has 26 heavy (non-hydrogen) atoms. The minimum Gasteiger partial charge on any atom is -0.351 e. The first-order chi connectivity index (χ1) is 12.6. The Bertz CT molecular complexity index is 832. The van der Waals surface area contributed by atoms with Crippen LogP contribution >= 0.6 is 0 Å². The molecule has 1 aromatic carbocycles. The lowest BCUT2D eigenvalue weighted by Gasteiger charge is -2.15. The number of aromatic nitrogens is 2. The van der Waals surface area contributed by atoms with Crippen LogP contribution in [-0.4, -0.2) is 46.1 Å². The smallest absolute Gasteiger partial charge is 0.271 e. The van der Waals surface area contributed by atoms with Crippen molar-refractivity contribution in [3.05, 3.63) is 64.1 Å². The maximum Gasteiger partial charge on any atom is 0.271 e. The third-order valence-corrected chi connectivity index (χ3v) is 4.34. The fraction of sp³-hybridized carbons (Fsp3) is 0.368. The van der Waals surface area contributed by atoms with Gasteiger partial charge in [-0.3, -0.25) is 14.4 Å². The van der Waals surface area contributed by atoms with Gasteiger partial charge in [-0.15, -0.1) is 0 Å². The quantitative estimate of drug-likeness (QED) is 0.753. The topological polar surface area (TPSA) is 84.3 Å². The molecule has 0 bridgehead atoms. The number of rotatable bonds is 7. The first-order valence-electron chi connectivity index (χ1n) is 8.81. The van der Waals surface area contributed by atoms with Crippen molar-refractivity contribution in [1.82, 2.24) is 20.0 Å². The van der Waals surface area contributed by atoms with Crippen LogP contribution in [-0.2, 0) is 11.3 Å². The zero-order valence-corrected chi connectivity index (χ0v) is 14.6. The highest BCUT2D eigenvalue weighted by atomic mass is 16.2. The second-order valence-electron chi connectivity index (χ2n) is 6.29. The summed E-state index contributed by atoms with van der Waals surface area (Å²) >= 11 is 0. The number of benzene rings is 1. The second kappa shape index (κ2) is 8.42. The molecule has 1 fully saturated rings. The lowest BCUT2D eigenvalue weighted by Crippen LogP contribution is -2.32. The fourth-order valence-electron chi connectivity index (χ4n) is 2.94. The predicted molar refractivity (Wildman–Crippen MR) is 96.8 cm³/mol. The molecule has 0 aliphatic carbocycles. The molecule has 1 N–H and O–H groups in total. The van der Waals surface area contributed by atoms with Crippen molar-refractivity contribution in [3.8, 4) is 0 Å². The number of amides is 2. The van der Waals surface area contributed by atoms with E-state index in [1.165, 1.54) is 16.8 Å². The van der Waals surface area contributed by atoms with Crippen LogP contribution in [0.3, 0.4) is 0 Å². The van der Waals surface area contributed by atoms with Gasteiger partial charge < -0.3 is 10.2 Å². The molecule has 1 aliphatic rings. The summed E-state index contributed by atoms with van der Waals surface area (Å²) in [5, 5.41) is 6.96. The highest BCUT2D eigenvalue weighted by Crippen LogP contribution is 2.09. The van der Waals surface area contributed by atoms with E-state index in [9.17, 15) is 14.4 Å². The van der Waals surface area contributed by atoms with Gasteiger partial charge in [0.1, 0.15) is 5.69 Å². The Hall–Kier alpha value is -2.96. The maximum atomic E-state index is 12.3. The monoisotopic (exact) mass is 354 g/mol. The Morgan fingerprint density at radius 3 is 2.65 bits per heavy atom. The van der Waals surface area contributed by atoms with E-state index in [2.05, 4.69) is 10.4 Å². The third-order valence-electron chi connectivity index (χ3n) is 4.34. The van der Waals surface area contributed by atoms with Crippen LogP contribution in [0.25, 0.3) is 0 Å². The summed E-state index contributed by atoms with van der Waals surface area (Å²) in [6.07, 6.45) is 2.23. The highest BCUT2D eigenvalue weighted by molar-refractivity contribution is 5.91. The van der Waals surface area contributed by atoms with Crippen LogP contribution in [0.2, 0.25) is 0 Å². The molecule has 1 aliphatic heterocycles. The molecule has 2 aromatic rings. The summed E-state index contributed by atoms with van der Waals surface area (Å²) < 4.78 is 1.28. The zero-order valence-electron chi connectivity index (χ0n) is 14.6. The number of carbonyl (C=O) groups excluding carboxylic acids is 2. The Balaban J connectivity index is 1.54. The van der Waals surface area contributed by atoms with Crippen molar-refractivity contribution in [2.24, 2.45) is 0 Å². The standard InChI is InChI=1S/C19H22N4O3/c24-17-8-4-12-22(17)13-5-11-20-19(26)16-9-10-18(25)23(21-16)14-15-6-2-1-3-7-15/h1-3,6-7,9-10H,4-5,8,11-14H2,(H,20,26). The van der Waals surface area contributed by atoms with Gasteiger partial charge in [0.05, 0.1) is 6.54 Å². The summed E-state index contributed by atoms with van der Waals surface area (Å²) in [7, 11) is 0. The predicted octanol–water partition coefficient (Wildman–Crippen LogP) is 1.03. The summed E-state index contributed by atoms with van der Waals surface area (Å²) in [6.45, 7) is 2.23. The summed E-state index contributed by atoms with van der Waals surface area (Å²) in [5.74, 6) is -0.134. The van der Waals surface area contributed by atoms with E-state index < -0.39 is 0 Å². The molecule has 1 aromatic heterocycles. The number of hydrogen-bond donors (Lipinski definition) is 1.